The van der Waals surface area contributed by atoms with Gasteiger partial charge in [0.05, 0.1) is 0 Å². The van der Waals surface area contributed by atoms with Crippen LogP contribution in [0.25, 0.3) is 0 Å². The predicted molar refractivity (Wildman–Crippen MR) is 252 cm³/mol. The van der Waals surface area contributed by atoms with Crippen molar-refractivity contribution in [3.8, 4) is 0 Å². The quantitative estimate of drug-likeness (QED) is 0.0263. The van der Waals surface area contributed by atoms with Crippen LogP contribution in [0.4, 0.5) is 0 Å². The average Bonchev–Trinajstić information content (AvgIpc) is 3.23. The normalized spacial score (nSPS) is 12.4. The van der Waals surface area contributed by atoms with Gasteiger partial charge < -0.3 is 14.2 Å². The van der Waals surface area contributed by atoms with Gasteiger partial charge in [-0.1, -0.05) is 179 Å². The van der Waals surface area contributed by atoms with Gasteiger partial charge in [0.25, 0.3) is 0 Å². The van der Waals surface area contributed by atoms with Gasteiger partial charge >= 0.3 is 17.9 Å². The summed E-state index contributed by atoms with van der Waals surface area (Å²) in [6.45, 7) is 6.56. The minimum Gasteiger partial charge on any atom is -0.462 e. The summed E-state index contributed by atoms with van der Waals surface area (Å²) in [7, 11) is 0. The topological polar surface area (TPSA) is 78.9 Å². The zero-order valence-electron chi connectivity index (χ0n) is 39.0. The lowest BCUT2D eigenvalue weighted by molar-refractivity contribution is -0.167. The molecule has 0 aromatic rings. The van der Waals surface area contributed by atoms with E-state index in [-0.39, 0.29) is 31.1 Å². The van der Waals surface area contributed by atoms with Gasteiger partial charge in [-0.3, -0.25) is 14.4 Å². The van der Waals surface area contributed by atoms with Crippen LogP contribution in [0.1, 0.15) is 252 Å². The number of carbonyl (C=O) groups excluding carboxylic acids is 3. The molecule has 59 heavy (non-hydrogen) atoms. The molecule has 0 fully saturated rings. The molecule has 0 saturated heterocycles. The molecule has 6 heteroatoms. The Labute approximate surface area is 365 Å². The summed E-state index contributed by atoms with van der Waals surface area (Å²) >= 11 is 0. The van der Waals surface area contributed by atoms with E-state index >= 15 is 0 Å². The monoisotopic (exact) mass is 827 g/mol. The Kier molecular flexibility index (Phi) is 45.9. The standard InChI is InChI=1S/C53H94O6/c1-4-7-10-13-16-19-22-25-26-29-31-34-37-40-43-46-52(55)58-49-50(59-53(56)47-44-41-38-35-32-28-24-21-18-15-12-9-6-3)48-57-51(54)45-42-39-36-33-30-27-23-20-17-14-11-8-5-2/h16,19-21,23-26,50H,4-15,17-18,22,27-49H2,1-3H3/b19-16-,23-20-,24-21-,26-25-/t50-/m0/s1. The van der Waals surface area contributed by atoms with Gasteiger partial charge in [-0.05, 0) is 103 Å². The fraction of sp³-hybridized carbons (Fsp3) is 0.792. The van der Waals surface area contributed by atoms with Crippen LogP contribution in [-0.2, 0) is 28.6 Å². The van der Waals surface area contributed by atoms with Crippen molar-refractivity contribution in [3.63, 3.8) is 0 Å². The highest BCUT2D eigenvalue weighted by Gasteiger charge is 2.19. The minimum absolute atomic E-state index is 0.0849. The van der Waals surface area contributed by atoms with Gasteiger partial charge in [0.15, 0.2) is 6.10 Å². The third kappa shape index (κ3) is 46.3. The second-order valence-corrected chi connectivity index (χ2v) is 16.7. The van der Waals surface area contributed by atoms with Crippen molar-refractivity contribution in [1.82, 2.24) is 0 Å². The van der Waals surface area contributed by atoms with Gasteiger partial charge in [-0.15, -0.1) is 0 Å². The number of rotatable bonds is 45. The fourth-order valence-corrected chi connectivity index (χ4v) is 6.93. The van der Waals surface area contributed by atoms with E-state index < -0.39 is 6.10 Å². The molecule has 342 valence electrons. The molecule has 0 aliphatic carbocycles. The van der Waals surface area contributed by atoms with E-state index in [1.165, 1.54) is 116 Å². The van der Waals surface area contributed by atoms with Crippen LogP contribution in [0.2, 0.25) is 0 Å². The van der Waals surface area contributed by atoms with Crippen LogP contribution in [0.3, 0.4) is 0 Å². The molecule has 0 aliphatic heterocycles. The lowest BCUT2D eigenvalue weighted by Crippen LogP contribution is -2.30. The third-order valence-corrected chi connectivity index (χ3v) is 10.8. The fourth-order valence-electron chi connectivity index (χ4n) is 6.93. The smallest absolute Gasteiger partial charge is 0.306 e. The zero-order valence-corrected chi connectivity index (χ0v) is 39.0. The second kappa shape index (κ2) is 48.0. The van der Waals surface area contributed by atoms with Gasteiger partial charge in [0.2, 0.25) is 0 Å². The van der Waals surface area contributed by atoms with Gasteiger partial charge in [0, 0.05) is 19.3 Å². The Morgan fingerprint density at radius 3 is 0.983 bits per heavy atom. The zero-order chi connectivity index (χ0) is 43.0. The van der Waals surface area contributed by atoms with E-state index in [0.717, 1.165) is 96.3 Å². The Bertz CT molecular complexity index is 1040. The molecule has 0 rings (SSSR count). The number of esters is 3. The first-order valence-electron chi connectivity index (χ1n) is 25.1. The van der Waals surface area contributed by atoms with Crippen LogP contribution in [0.5, 0.6) is 0 Å². The first-order valence-corrected chi connectivity index (χ1v) is 25.1. The molecule has 0 radical (unpaired) electrons. The maximum Gasteiger partial charge on any atom is 0.306 e. The molecule has 0 heterocycles. The van der Waals surface area contributed by atoms with Crippen molar-refractivity contribution in [2.75, 3.05) is 13.2 Å². The average molecular weight is 827 g/mol. The van der Waals surface area contributed by atoms with Crippen molar-refractivity contribution < 1.29 is 28.6 Å². The van der Waals surface area contributed by atoms with E-state index in [1.807, 2.05) is 0 Å². The maximum atomic E-state index is 12.8. The number of allylic oxidation sites excluding steroid dienone is 8. The van der Waals surface area contributed by atoms with Crippen LogP contribution in [-0.4, -0.2) is 37.2 Å². The molecule has 0 N–H and O–H groups in total. The van der Waals surface area contributed by atoms with Crippen molar-refractivity contribution in [1.29, 1.82) is 0 Å². The van der Waals surface area contributed by atoms with Gasteiger partial charge in [-0.2, -0.15) is 0 Å². The van der Waals surface area contributed by atoms with Crippen molar-refractivity contribution in [2.24, 2.45) is 0 Å². The van der Waals surface area contributed by atoms with Crippen LogP contribution < -0.4 is 0 Å². The summed E-state index contributed by atoms with van der Waals surface area (Å²) in [5.74, 6) is -0.912. The highest BCUT2D eigenvalue weighted by Crippen LogP contribution is 2.14. The summed E-state index contributed by atoms with van der Waals surface area (Å²) < 4.78 is 16.7. The van der Waals surface area contributed by atoms with E-state index in [4.69, 9.17) is 14.2 Å². The lowest BCUT2D eigenvalue weighted by atomic mass is 10.1. The predicted octanol–water partition coefficient (Wildman–Crippen LogP) is 16.3. The van der Waals surface area contributed by atoms with Crippen molar-refractivity contribution in [2.45, 2.75) is 258 Å². The molecule has 6 nitrogen and oxygen atoms in total. The largest absolute Gasteiger partial charge is 0.462 e. The molecular weight excluding hydrogens is 733 g/mol. The Balaban J connectivity index is 4.42. The maximum absolute atomic E-state index is 12.8. The Hall–Kier alpha value is -2.63. The van der Waals surface area contributed by atoms with Gasteiger partial charge in [0.1, 0.15) is 13.2 Å². The first kappa shape index (κ1) is 56.4. The van der Waals surface area contributed by atoms with E-state index in [2.05, 4.69) is 69.4 Å². The summed E-state index contributed by atoms with van der Waals surface area (Å²) in [6.07, 6.45) is 56.6. The molecule has 1 atom stereocenters. The number of ether oxygens (including phenoxy) is 3. The molecule has 0 amide bonds. The lowest BCUT2D eigenvalue weighted by Gasteiger charge is -2.18. The van der Waals surface area contributed by atoms with E-state index in [1.54, 1.807) is 0 Å². The highest BCUT2D eigenvalue weighted by molar-refractivity contribution is 5.71. The number of hydrogen-bond acceptors (Lipinski definition) is 6. The third-order valence-electron chi connectivity index (χ3n) is 10.8. The van der Waals surface area contributed by atoms with Crippen molar-refractivity contribution in [3.05, 3.63) is 48.6 Å². The van der Waals surface area contributed by atoms with E-state index in [0.29, 0.717) is 19.3 Å². The number of unbranched alkanes of at least 4 members (excludes halogenated alkanes) is 26. The molecule has 0 aromatic heterocycles. The minimum atomic E-state index is -0.784. The molecule has 0 unspecified atom stereocenters. The van der Waals surface area contributed by atoms with Crippen LogP contribution >= 0.6 is 0 Å². The number of hydrogen-bond donors (Lipinski definition) is 0. The summed E-state index contributed by atoms with van der Waals surface area (Å²) in [6, 6.07) is 0. The highest BCUT2D eigenvalue weighted by atomic mass is 16.6. The summed E-state index contributed by atoms with van der Waals surface area (Å²) in [5.41, 5.74) is 0. The van der Waals surface area contributed by atoms with Crippen LogP contribution in [0.15, 0.2) is 48.6 Å². The molecule has 0 spiro atoms. The Morgan fingerprint density at radius 2 is 0.610 bits per heavy atom. The molecule has 0 saturated carbocycles. The van der Waals surface area contributed by atoms with Crippen LogP contribution in [0, 0.1) is 0 Å². The molecule has 0 aromatic carbocycles. The molecular formula is C53H94O6. The second-order valence-electron chi connectivity index (χ2n) is 16.7. The summed E-state index contributed by atoms with van der Waals surface area (Å²) in [4.78, 5) is 37.9. The number of carbonyl (C=O) groups is 3. The Morgan fingerprint density at radius 1 is 0.339 bits per heavy atom. The van der Waals surface area contributed by atoms with E-state index in [9.17, 15) is 14.4 Å². The first-order chi connectivity index (χ1) is 29.0. The SMILES string of the molecule is CCCCC/C=C\C/C=C\CCCCCCCC(=O)OC[C@H](COC(=O)CCCCCCC/C=C\CCCCCC)OC(=O)CCCCCCC/C=C\CCCCCC. The van der Waals surface area contributed by atoms with Crippen molar-refractivity contribution >= 4 is 17.9 Å². The molecule has 0 bridgehead atoms. The molecule has 0 aliphatic rings. The van der Waals surface area contributed by atoms with Gasteiger partial charge in [-0.25, -0.2) is 0 Å². The summed E-state index contributed by atoms with van der Waals surface area (Å²) in [5, 5.41) is 0.